The molecule has 4 nitrogen and oxygen atoms in total. The van der Waals surface area contributed by atoms with E-state index in [9.17, 15) is 9.90 Å². The first-order valence-corrected chi connectivity index (χ1v) is 7.89. The Labute approximate surface area is 140 Å². The van der Waals surface area contributed by atoms with Crippen molar-refractivity contribution < 1.29 is 14.6 Å². The second-order valence-corrected chi connectivity index (χ2v) is 5.98. The van der Waals surface area contributed by atoms with Crippen LogP contribution in [0.25, 0.3) is 22.3 Å². The third kappa shape index (κ3) is 2.41. The van der Waals surface area contributed by atoms with Gasteiger partial charge in [0.25, 0.3) is 5.91 Å². The van der Waals surface area contributed by atoms with Gasteiger partial charge in [-0.3, -0.25) is 4.79 Å². The second kappa shape index (κ2) is 5.65. The number of hydrogen-bond donors (Lipinski definition) is 2. The summed E-state index contributed by atoms with van der Waals surface area (Å²) >= 11 is 0. The van der Waals surface area contributed by atoms with E-state index >= 15 is 0 Å². The molecule has 2 aromatic rings. The molecule has 2 N–H and O–H groups in total. The Morgan fingerprint density at radius 3 is 2.54 bits per heavy atom. The number of carbonyl (C=O) groups is 1. The Kier molecular flexibility index (Phi) is 3.47. The van der Waals surface area contributed by atoms with Crippen LogP contribution in [0, 0.1) is 0 Å². The summed E-state index contributed by atoms with van der Waals surface area (Å²) < 4.78 is 5.34. The van der Waals surface area contributed by atoms with Gasteiger partial charge in [-0.1, -0.05) is 36.9 Å². The molecule has 2 heterocycles. The van der Waals surface area contributed by atoms with E-state index in [0.29, 0.717) is 23.4 Å². The van der Waals surface area contributed by atoms with Crippen LogP contribution in [0.4, 0.5) is 5.69 Å². The fourth-order valence-corrected chi connectivity index (χ4v) is 3.15. The number of phenols is 1. The fraction of sp³-hybridized carbons (Fsp3) is 0.150. The minimum atomic E-state index is -0.219. The third-order valence-corrected chi connectivity index (χ3v) is 4.51. The molecule has 0 saturated carbocycles. The summed E-state index contributed by atoms with van der Waals surface area (Å²) in [5, 5.41) is 13.0. The number of benzene rings is 2. The molecular formula is C20H17NO3. The van der Waals surface area contributed by atoms with Gasteiger partial charge in [-0.2, -0.15) is 0 Å². The molecule has 4 heteroatoms. The smallest absolute Gasteiger partial charge is 0.255 e. The lowest BCUT2D eigenvalue weighted by Crippen LogP contribution is -2.03. The molecular weight excluding hydrogens is 302 g/mol. The maximum absolute atomic E-state index is 11.7. The zero-order valence-electron chi connectivity index (χ0n) is 13.1. The molecule has 0 aliphatic carbocycles. The summed E-state index contributed by atoms with van der Waals surface area (Å²) in [6, 6.07) is 11.5. The van der Waals surface area contributed by atoms with Crippen molar-refractivity contribution in [1.82, 2.24) is 0 Å². The molecule has 0 radical (unpaired) electrons. The zero-order valence-corrected chi connectivity index (χ0v) is 13.1. The minimum Gasteiger partial charge on any atom is -0.507 e. The highest BCUT2D eigenvalue weighted by molar-refractivity contribution is 6.31. The van der Waals surface area contributed by atoms with Crippen LogP contribution < -0.4 is 5.32 Å². The van der Waals surface area contributed by atoms with E-state index in [1.165, 1.54) is 11.1 Å². The van der Waals surface area contributed by atoms with Crippen molar-refractivity contribution in [3.8, 4) is 16.9 Å². The van der Waals surface area contributed by atoms with Gasteiger partial charge in [-0.25, -0.2) is 0 Å². The monoisotopic (exact) mass is 319 g/mol. The molecule has 0 bridgehead atoms. The molecule has 0 unspecified atom stereocenters. The van der Waals surface area contributed by atoms with Crippen LogP contribution >= 0.6 is 0 Å². The van der Waals surface area contributed by atoms with Crippen molar-refractivity contribution in [2.24, 2.45) is 0 Å². The summed E-state index contributed by atoms with van der Waals surface area (Å²) in [5.41, 5.74) is 5.82. The summed E-state index contributed by atoms with van der Waals surface area (Å²) in [6.45, 7) is 5.21. The standard InChI is InChI=1S/C20H17NO3/c1-12-16-10-17(19(22)11-18(16)21-20(12)23)15-4-2-13(3-5-15)14-6-8-24-9-7-14/h2-6,10-11,22H,1,7-9H2,(H,21,23). The molecule has 2 aliphatic heterocycles. The second-order valence-electron chi connectivity index (χ2n) is 5.98. The predicted molar refractivity (Wildman–Crippen MR) is 94.6 cm³/mol. The van der Waals surface area contributed by atoms with Gasteiger partial charge < -0.3 is 15.2 Å². The van der Waals surface area contributed by atoms with Gasteiger partial charge in [0.2, 0.25) is 0 Å². The molecule has 0 saturated heterocycles. The van der Waals surface area contributed by atoms with Crippen molar-refractivity contribution in [3.63, 3.8) is 0 Å². The highest BCUT2D eigenvalue weighted by Gasteiger charge is 2.24. The van der Waals surface area contributed by atoms with Gasteiger partial charge in [0, 0.05) is 22.8 Å². The van der Waals surface area contributed by atoms with Crippen molar-refractivity contribution in [2.45, 2.75) is 6.42 Å². The maximum atomic E-state index is 11.7. The van der Waals surface area contributed by atoms with Crippen LogP contribution in [0.5, 0.6) is 5.75 Å². The Morgan fingerprint density at radius 1 is 1.08 bits per heavy atom. The van der Waals surface area contributed by atoms with Crippen LogP contribution in [0.15, 0.2) is 49.1 Å². The third-order valence-electron chi connectivity index (χ3n) is 4.51. The predicted octanol–water partition coefficient (Wildman–Crippen LogP) is 3.83. The summed E-state index contributed by atoms with van der Waals surface area (Å²) in [5.74, 6) is -0.0786. The number of nitrogens with one attached hydrogen (secondary N) is 1. The number of phenolic OH excluding ortho intramolecular Hbond substituents is 1. The number of amides is 1. The van der Waals surface area contributed by atoms with Crippen molar-refractivity contribution in [3.05, 3.63) is 60.2 Å². The van der Waals surface area contributed by atoms with E-state index in [1.807, 2.05) is 18.2 Å². The minimum absolute atomic E-state index is 0.141. The maximum Gasteiger partial charge on any atom is 0.255 e. The Hall–Kier alpha value is -2.85. The van der Waals surface area contributed by atoms with E-state index in [2.05, 4.69) is 30.1 Å². The Morgan fingerprint density at radius 2 is 1.83 bits per heavy atom. The van der Waals surface area contributed by atoms with Crippen molar-refractivity contribution in [2.75, 3.05) is 18.5 Å². The van der Waals surface area contributed by atoms with Crippen LogP contribution in [-0.2, 0) is 9.53 Å². The zero-order chi connectivity index (χ0) is 16.7. The average molecular weight is 319 g/mol. The lowest BCUT2D eigenvalue weighted by atomic mass is 9.95. The average Bonchev–Trinajstić information content (AvgIpc) is 2.89. The molecule has 0 spiro atoms. The molecule has 1 amide bonds. The number of fused-ring (bicyclic) bond motifs is 1. The molecule has 24 heavy (non-hydrogen) atoms. The summed E-state index contributed by atoms with van der Waals surface area (Å²) in [7, 11) is 0. The molecule has 120 valence electrons. The van der Waals surface area contributed by atoms with Crippen LogP contribution in [-0.4, -0.2) is 24.2 Å². The molecule has 4 rings (SSSR count). The summed E-state index contributed by atoms with van der Waals surface area (Å²) in [4.78, 5) is 11.7. The van der Waals surface area contributed by atoms with E-state index in [4.69, 9.17) is 4.74 Å². The fourth-order valence-electron chi connectivity index (χ4n) is 3.15. The molecule has 2 aromatic carbocycles. The van der Waals surface area contributed by atoms with Gasteiger partial charge in [-0.05, 0) is 29.2 Å². The number of rotatable bonds is 2. The number of carbonyl (C=O) groups excluding carboxylic acids is 1. The first-order chi connectivity index (χ1) is 11.6. The first kappa shape index (κ1) is 14.7. The Bertz CT molecular complexity index is 879. The Balaban J connectivity index is 1.71. The topological polar surface area (TPSA) is 58.6 Å². The number of hydrogen-bond acceptors (Lipinski definition) is 3. The van der Waals surface area contributed by atoms with Gasteiger partial charge in [0.05, 0.1) is 18.9 Å². The molecule has 0 atom stereocenters. The van der Waals surface area contributed by atoms with Gasteiger partial charge in [-0.15, -0.1) is 0 Å². The number of aromatic hydroxyl groups is 1. The molecule has 0 fully saturated rings. The largest absolute Gasteiger partial charge is 0.507 e. The first-order valence-electron chi connectivity index (χ1n) is 7.89. The normalized spacial score (nSPS) is 16.6. The van der Waals surface area contributed by atoms with Crippen LogP contribution in [0.1, 0.15) is 17.5 Å². The van der Waals surface area contributed by atoms with Crippen LogP contribution in [0.2, 0.25) is 0 Å². The highest BCUT2D eigenvalue weighted by Crippen LogP contribution is 2.40. The molecule has 2 aliphatic rings. The van der Waals surface area contributed by atoms with E-state index in [1.54, 1.807) is 6.07 Å². The number of ether oxygens (including phenoxy) is 1. The quantitative estimate of drug-likeness (QED) is 0.827. The van der Waals surface area contributed by atoms with Gasteiger partial charge in [0.15, 0.2) is 0 Å². The number of anilines is 1. The van der Waals surface area contributed by atoms with Gasteiger partial charge >= 0.3 is 0 Å². The molecule has 0 aromatic heterocycles. The van der Waals surface area contributed by atoms with Crippen molar-refractivity contribution in [1.29, 1.82) is 0 Å². The SMILES string of the molecule is C=C1C(=O)Nc2cc(O)c(-c3ccc(C4=CCOCC4)cc3)cc21. The highest BCUT2D eigenvalue weighted by atomic mass is 16.5. The van der Waals surface area contributed by atoms with E-state index in [-0.39, 0.29) is 11.7 Å². The summed E-state index contributed by atoms with van der Waals surface area (Å²) in [6.07, 6.45) is 3.02. The van der Waals surface area contributed by atoms with Crippen LogP contribution in [0.3, 0.4) is 0 Å². The van der Waals surface area contributed by atoms with E-state index in [0.717, 1.165) is 24.2 Å². The lowest BCUT2D eigenvalue weighted by molar-refractivity contribution is -0.110. The van der Waals surface area contributed by atoms with Gasteiger partial charge in [0.1, 0.15) is 5.75 Å². The van der Waals surface area contributed by atoms with E-state index < -0.39 is 0 Å². The van der Waals surface area contributed by atoms with Crippen molar-refractivity contribution >= 4 is 22.7 Å². The lowest BCUT2D eigenvalue weighted by Gasteiger charge is -2.14.